The van der Waals surface area contributed by atoms with Gasteiger partial charge in [0, 0.05) is 6.54 Å². The Morgan fingerprint density at radius 3 is 2.35 bits per heavy atom. The van der Waals surface area contributed by atoms with E-state index in [1.165, 1.54) is 38.5 Å². The average Bonchev–Trinajstić information content (AvgIpc) is 2.56. The lowest BCUT2D eigenvalue weighted by Gasteiger charge is -2.12. The number of rotatable bonds is 5. The lowest BCUT2D eigenvalue weighted by molar-refractivity contribution is 0.0945. The lowest BCUT2D eigenvalue weighted by Crippen LogP contribution is -2.24. The number of amides is 1. The van der Waals surface area contributed by atoms with E-state index in [2.05, 4.69) is 5.32 Å². The number of carbonyl (C=O) groups is 1. The van der Waals surface area contributed by atoms with Gasteiger partial charge in [0.15, 0.2) is 23.1 Å². The number of hydrogen-bond acceptors (Lipinski definition) is 4. The standard InChI is InChI=1S/C16H15F2NO4/c1-22-12-6-9(7-13(23-2)15(12)20)8-19-16(21)10-4-3-5-11(17)14(10)18/h3-7,20H,8H2,1-2H3,(H,19,21). The van der Waals surface area contributed by atoms with Crippen LogP contribution in [0.15, 0.2) is 30.3 Å². The van der Waals surface area contributed by atoms with Gasteiger partial charge in [-0.2, -0.15) is 0 Å². The van der Waals surface area contributed by atoms with Gasteiger partial charge >= 0.3 is 0 Å². The fraction of sp³-hybridized carbons (Fsp3) is 0.188. The molecule has 0 atom stereocenters. The predicted octanol–water partition coefficient (Wildman–Crippen LogP) is 2.62. The Kier molecular flexibility index (Phi) is 5.00. The van der Waals surface area contributed by atoms with Crippen LogP contribution in [0.2, 0.25) is 0 Å². The largest absolute Gasteiger partial charge is 0.502 e. The first-order valence-corrected chi connectivity index (χ1v) is 6.64. The first-order valence-electron chi connectivity index (χ1n) is 6.64. The Hall–Kier alpha value is -2.83. The summed E-state index contributed by atoms with van der Waals surface area (Å²) in [6.07, 6.45) is 0. The lowest BCUT2D eigenvalue weighted by atomic mass is 10.1. The van der Waals surface area contributed by atoms with Crippen molar-refractivity contribution >= 4 is 5.91 Å². The molecule has 0 saturated heterocycles. The summed E-state index contributed by atoms with van der Waals surface area (Å²) in [4.78, 5) is 11.9. The third kappa shape index (κ3) is 3.50. The summed E-state index contributed by atoms with van der Waals surface area (Å²) in [5.41, 5.74) is 0.171. The number of hydrogen-bond donors (Lipinski definition) is 2. The predicted molar refractivity (Wildman–Crippen MR) is 78.7 cm³/mol. The molecule has 2 aromatic rings. The molecule has 0 saturated carbocycles. The van der Waals surface area contributed by atoms with Gasteiger partial charge in [0.25, 0.3) is 5.91 Å². The minimum atomic E-state index is -1.20. The molecular weight excluding hydrogens is 308 g/mol. The maximum Gasteiger partial charge on any atom is 0.254 e. The van der Waals surface area contributed by atoms with Gasteiger partial charge in [-0.15, -0.1) is 0 Å². The molecule has 0 heterocycles. The van der Waals surface area contributed by atoms with E-state index >= 15 is 0 Å². The quantitative estimate of drug-likeness (QED) is 0.887. The number of aromatic hydroxyl groups is 1. The zero-order valence-corrected chi connectivity index (χ0v) is 12.5. The maximum atomic E-state index is 13.6. The molecule has 2 aromatic carbocycles. The van der Waals surface area contributed by atoms with Crippen molar-refractivity contribution in [2.24, 2.45) is 0 Å². The summed E-state index contributed by atoms with van der Waals surface area (Å²) in [5, 5.41) is 12.3. The zero-order valence-electron chi connectivity index (χ0n) is 12.5. The third-order valence-electron chi connectivity index (χ3n) is 3.19. The Morgan fingerprint density at radius 1 is 1.17 bits per heavy atom. The van der Waals surface area contributed by atoms with Gasteiger partial charge in [0.1, 0.15) is 0 Å². The minimum Gasteiger partial charge on any atom is -0.502 e. The van der Waals surface area contributed by atoms with E-state index in [1.807, 2.05) is 0 Å². The number of methoxy groups -OCH3 is 2. The van der Waals surface area contributed by atoms with Crippen molar-refractivity contribution in [3.63, 3.8) is 0 Å². The first kappa shape index (κ1) is 16.5. The summed E-state index contributed by atoms with van der Waals surface area (Å²) in [5.74, 6) is -2.87. The van der Waals surface area contributed by atoms with Gasteiger partial charge in [0.2, 0.25) is 5.75 Å². The number of nitrogens with one attached hydrogen (secondary N) is 1. The van der Waals surface area contributed by atoms with Gasteiger partial charge in [-0.25, -0.2) is 8.78 Å². The molecule has 0 spiro atoms. The Labute approximate surface area is 131 Å². The second-order valence-corrected chi connectivity index (χ2v) is 4.63. The van der Waals surface area contributed by atoms with E-state index in [0.29, 0.717) is 5.56 Å². The van der Waals surface area contributed by atoms with Crippen LogP contribution in [-0.2, 0) is 6.54 Å². The van der Waals surface area contributed by atoms with Gasteiger partial charge in [-0.05, 0) is 29.8 Å². The molecule has 7 heteroatoms. The SMILES string of the molecule is COc1cc(CNC(=O)c2cccc(F)c2F)cc(OC)c1O. The van der Waals surface area contributed by atoms with Crippen molar-refractivity contribution in [1.82, 2.24) is 5.32 Å². The Balaban J connectivity index is 2.17. The molecule has 0 aromatic heterocycles. The van der Waals surface area contributed by atoms with Gasteiger partial charge < -0.3 is 19.9 Å². The number of ether oxygens (including phenoxy) is 2. The number of phenols is 1. The van der Waals surface area contributed by atoms with E-state index in [1.54, 1.807) is 0 Å². The molecule has 0 aliphatic heterocycles. The van der Waals surface area contributed by atoms with Gasteiger partial charge in [-0.3, -0.25) is 4.79 Å². The molecule has 0 unspecified atom stereocenters. The fourth-order valence-corrected chi connectivity index (χ4v) is 2.01. The molecular formula is C16H15F2NO4. The van der Waals surface area contributed by atoms with E-state index in [0.717, 1.165) is 6.07 Å². The van der Waals surface area contributed by atoms with Crippen molar-refractivity contribution in [3.05, 3.63) is 53.1 Å². The summed E-state index contributed by atoms with van der Waals surface area (Å²) in [6, 6.07) is 6.37. The van der Waals surface area contributed by atoms with Crippen molar-refractivity contribution in [3.8, 4) is 17.2 Å². The molecule has 5 nitrogen and oxygen atoms in total. The van der Waals surface area contributed by atoms with Crippen molar-refractivity contribution in [2.45, 2.75) is 6.54 Å². The molecule has 23 heavy (non-hydrogen) atoms. The summed E-state index contributed by atoms with van der Waals surface area (Å²) < 4.78 is 36.7. The topological polar surface area (TPSA) is 67.8 Å². The molecule has 0 aliphatic carbocycles. The van der Waals surface area contributed by atoms with Crippen LogP contribution in [-0.4, -0.2) is 25.2 Å². The molecule has 0 radical (unpaired) electrons. The van der Waals surface area contributed by atoms with Crippen LogP contribution in [0.25, 0.3) is 0 Å². The van der Waals surface area contributed by atoms with E-state index in [9.17, 15) is 18.7 Å². The average molecular weight is 323 g/mol. The van der Waals surface area contributed by atoms with Gasteiger partial charge in [0.05, 0.1) is 19.8 Å². The maximum absolute atomic E-state index is 13.6. The zero-order chi connectivity index (χ0) is 17.0. The van der Waals surface area contributed by atoms with Crippen LogP contribution in [0.3, 0.4) is 0 Å². The number of phenolic OH excluding ortho intramolecular Hbond substituents is 1. The third-order valence-corrected chi connectivity index (χ3v) is 3.19. The van der Waals surface area contributed by atoms with Crippen LogP contribution in [0, 0.1) is 11.6 Å². The van der Waals surface area contributed by atoms with Gasteiger partial charge in [-0.1, -0.05) is 6.07 Å². The molecule has 1 amide bonds. The van der Waals surface area contributed by atoms with Crippen molar-refractivity contribution in [2.75, 3.05) is 14.2 Å². The summed E-state index contributed by atoms with van der Waals surface area (Å²) in [7, 11) is 2.75. The van der Waals surface area contributed by atoms with Crippen LogP contribution < -0.4 is 14.8 Å². The molecule has 0 bridgehead atoms. The highest BCUT2D eigenvalue weighted by molar-refractivity contribution is 5.94. The number of halogens is 2. The summed E-state index contributed by atoms with van der Waals surface area (Å²) >= 11 is 0. The second kappa shape index (κ2) is 6.95. The van der Waals surface area contributed by atoms with E-state index in [-0.39, 0.29) is 29.4 Å². The van der Waals surface area contributed by atoms with E-state index < -0.39 is 17.5 Å². The number of carbonyl (C=O) groups excluding carboxylic acids is 1. The van der Waals surface area contributed by atoms with Crippen molar-refractivity contribution < 1.29 is 28.2 Å². The van der Waals surface area contributed by atoms with Crippen LogP contribution in [0.5, 0.6) is 17.2 Å². The molecule has 122 valence electrons. The Morgan fingerprint density at radius 2 is 1.78 bits per heavy atom. The van der Waals surface area contributed by atoms with Crippen molar-refractivity contribution in [1.29, 1.82) is 0 Å². The normalized spacial score (nSPS) is 10.3. The highest BCUT2D eigenvalue weighted by Gasteiger charge is 2.16. The van der Waals surface area contributed by atoms with E-state index in [4.69, 9.17) is 9.47 Å². The van der Waals surface area contributed by atoms with Crippen LogP contribution in [0.4, 0.5) is 8.78 Å². The summed E-state index contributed by atoms with van der Waals surface area (Å²) in [6.45, 7) is 0.0157. The minimum absolute atomic E-state index is 0.0157. The first-order chi connectivity index (χ1) is 11.0. The fourth-order valence-electron chi connectivity index (χ4n) is 2.01. The monoisotopic (exact) mass is 323 g/mol. The smallest absolute Gasteiger partial charge is 0.254 e. The molecule has 2 rings (SSSR count). The Bertz CT molecular complexity index is 709. The molecule has 2 N–H and O–H groups in total. The highest BCUT2D eigenvalue weighted by Crippen LogP contribution is 2.37. The highest BCUT2D eigenvalue weighted by atomic mass is 19.2. The van der Waals surface area contributed by atoms with Crippen LogP contribution in [0.1, 0.15) is 15.9 Å². The number of benzene rings is 2. The van der Waals surface area contributed by atoms with Crippen LogP contribution >= 0.6 is 0 Å². The molecule has 0 aliphatic rings. The second-order valence-electron chi connectivity index (χ2n) is 4.63. The molecule has 0 fully saturated rings.